The number of carbonyl (C=O) groups excluding carboxylic acids is 3. The summed E-state index contributed by atoms with van der Waals surface area (Å²) in [6.07, 6.45) is 3.18. The summed E-state index contributed by atoms with van der Waals surface area (Å²) < 4.78 is 5.67. The van der Waals surface area contributed by atoms with Gasteiger partial charge in [-0.15, -0.1) is 11.3 Å². The summed E-state index contributed by atoms with van der Waals surface area (Å²) >= 11 is 1.22. The molecule has 0 unspecified atom stereocenters. The SMILES string of the molecule is CCCCCOc1cccc(C(=O)Nc2sccc2C(=O)NNC(C)=O)c1. The first-order valence-corrected chi connectivity index (χ1v) is 9.58. The number of ether oxygens (including phenoxy) is 1. The molecule has 0 saturated heterocycles. The second-order valence-electron chi connectivity index (χ2n) is 5.84. The van der Waals surface area contributed by atoms with E-state index in [9.17, 15) is 14.4 Å². The molecule has 3 N–H and O–H groups in total. The van der Waals surface area contributed by atoms with Gasteiger partial charge in [0.1, 0.15) is 10.8 Å². The summed E-state index contributed by atoms with van der Waals surface area (Å²) in [5.74, 6) is -0.603. The van der Waals surface area contributed by atoms with E-state index >= 15 is 0 Å². The van der Waals surface area contributed by atoms with Crippen LogP contribution in [0.1, 0.15) is 53.8 Å². The molecule has 3 amide bonds. The zero-order valence-electron chi connectivity index (χ0n) is 15.3. The molecule has 1 heterocycles. The third-order valence-electron chi connectivity index (χ3n) is 3.60. The number of anilines is 1. The van der Waals surface area contributed by atoms with Crippen molar-refractivity contribution in [2.45, 2.75) is 33.1 Å². The van der Waals surface area contributed by atoms with E-state index in [1.54, 1.807) is 35.7 Å². The molecule has 0 saturated carbocycles. The molecular formula is C19H23N3O4S. The zero-order chi connectivity index (χ0) is 19.6. The van der Waals surface area contributed by atoms with Crippen molar-refractivity contribution in [2.75, 3.05) is 11.9 Å². The van der Waals surface area contributed by atoms with Gasteiger partial charge in [-0.2, -0.15) is 0 Å². The Labute approximate surface area is 162 Å². The smallest absolute Gasteiger partial charge is 0.272 e. The van der Waals surface area contributed by atoms with Gasteiger partial charge in [0.05, 0.1) is 12.2 Å². The minimum Gasteiger partial charge on any atom is -0.494 e. The van der Waals surface area contributed by atoms with E-state index in [0.717, 1.165) is 19.3 Å². The van der Waals surface area contributed by atoms with Gasteiger partial charge in [-0.25, -0.2) is 0 Å². The molecule has 1 aromatic heterocycles. The highest BCUT2D eigenvalue weighted by molar-refractivity contribution is 7.14. The maximum absolute atomic E-state index is 12.5. The zero-order valence-corrected chi connectivity index (χ0v) is 16.2. The van der Waals surface area contributed by atoms with Gasteiger partial charge in [0.2, 0.25) is 5.91 Å². The Balaban J connectivity index is 2.00. The number of hydrogen-bond donors (Lipinski definition) is 3. The lowest BCUT2D eigenvalue weighted by Gasteiger charge is -2.09. The quantitative estimate of drug-likeness (QED) is 0.476. The number of thiophene rings is 1. The van der Waals surface area contributed by atoms with Gasteiger partial charge in [-0.05, 0) is 36.1 Å². The van der Waals surface area contributed by atoms with E-state index < -0.39 is 5.91 Å². The molecule has 0 aliphatic heterocycles. The predicted molar refractivity (Wildman–Crippen MR) is 105 cm³/mol. The van der Waals surface area contributed by atoms with Crippen LogP contribution in [0.2, 0.25) is 0 Å². The summed E-state index contributed by atoms with van der Waals surface area (Å²) in [6, 6.07) is 8.48. The first-order chi connectivity index (χ1) is 13.0. The average Bonchev–Trinajstić information content (AvgIpc) is 3.11. The van der Waals surface area contributed by atoms with Crippen LogP contribution in [-0.4, -0.2) is 24.3 Å². The molecule has 144 valence electrons. The summed E-state index contributed by atoms with van der Waals surface area (Å²) in [5.41, 5.74) is 5.20. The fourth-order valence-electron chi connectivity index (χ4n) is 2.24. The third kappa shape index (κ3) is 6.41. The fraction of sp³-hybridized carbons (Fsp3) is 0.316. The number of rotatable bonds is 8. The lowest BCUT2D eigenvalue weighted by atomic mass is 10.2. The fourth-order valence-corrected chi connectivity index (χ4v) is 3.02. The highest BCUT2D eigenvalue weighted by Gasteiger charge is 2.16. The van der Waals surface area contributed by atoms with Crippen molar-refractivity contribution in [3.8, 4) is 5.75 Å². The third-order valence-corrected chi connectivity index (χ3v) is 4.43. The standard InChI is InChI=1S/C19H23N3O4S/c1-3-4-5-10-26-15-8-6-7-14(12-15)17(24)20-19-16(9-11-27-19)18(25)22-21-13(2)23/h6-9,11-12H,3-5,10H2,1-2H3,(H,20,24)(H,21,23)(H,22,25). The van der Waals surface area contributed by atoms with Gasteiger partial charge in [0, 0.05) is 12.5 Å². The van der Waals surface area contributed by atoms with Crippen molar-refractivity contribution >= 4 is 34.1 Å². The summed E-state index contributed by atoms with van der Waals surface area (Å²) in [7, 11) is 0. The second kappa shape index (κ2) is 10.3. The number of hydrogen-bond acceptors (Lipinski definition) is 5. The van der Waals surface area contributed by atoms with Crippen molar-refractivity contribution in [1.82, 2.24) is 10.9 Å². The van der Waals surface area contributed by atoms with E-state index in [2.05, 4.69) is 23.1 Å². The van der Waals surface area contributed by atoms with Crippen LogP contribution < -0.4 is 20.9 Å². The normalized spacial score (nSPS) is 10.1. The minimum atomic E-state index is -0.505. The van der Waals surface area contributed by atoms with Gasteiger partial charge >= 0.3 is 0 Å². The van der Waals surface area contributed by atoms with Crippen LogP contribution in [0.5, 0.6) is 5.75 Å². The first kappa shape index (κ1) is 20.4. The molecule has 0 aliphatic carbocycles. The van der Waals surface area contributed by atoms with Crippen molar-refractivity contribution in [2.24, 2.45) is 0 Å². The topological polar surface area (TPSA) is 96.5 Å². The van der Waals surface area contributed by atoms with Crippen LogP contribution in [0.15, 0.2) is 35.7 Å². The monoisotopic (exact) mass is 389 g/mol. The first-order valence-electron chi connectivity index (χ1n) is 8.70. The Hall–Kier alpha value is -2.87. The highest BCUT2D eigenvalue weighted by Crippen LogP contribution is 2.24. The largest absolute Gasteiger partial charge is 0.494 e. The van der Waals surface area contributed by atoms with Gasteiger partial charge < -0.3 is 10.1 Å². The maximum atomic E-state index is 12.5. The molecule has 1 aromatic carbocycles. The van der Waals surface area contributed by atoms with E-state index in [1.165, 1.54) is 18.3 Å². The van der Waals surface area contributed by atoms with E-state index in [1.807, 2.05) is 0 Å². The van der Waals surface area contributed by atoms with E-state index in [-0.39, 0.29) is 17.4 Å². The summed E-state index contributed by atoms with van der Waals surface area (Å²) in [4.78, 5) is 35.5. The highest BCUT2D eigenvalue weighted by atomic mass is 32.1. The maximum Gasteiger partial charge on any atom is 0.272 e. The molecule has 7 nitrogen and oxygen atoms in total. The van der Waals surface area contributed by atoms with Crippen LogP contribution in [-0.2, 0) is 4.79 Å². The molecule has 2 rings (SSSR count). The average molecular weight is 389 g/mol. The van der Waals surface area contributed by atoms with Crippen molar-refractivity contribution in [3.63, 3.8) is 0 Å². The predicted octanol–water partition coefficient (Wildman–Crippen LogP) is 3.35. The van der Waals surface area contributed by atoms with Crippen LogP contribution in [0.3, 0.4) is 0 Å². The number of nitrogens with one attached hydrogen (secondary N) is 3. The summed E-state index contributed by atoms with van der Waals surface area (Å²) in [6.45, 7) is 4.02. The van der Waals surface area contributed by atoms with Crippen molar-refractivity contribution in [1.29, 1.82) is 0 Å². The Bertz CT molecular complexity index is 804. The van der Waals surface area contributed by atoms with Gasteiger partial charge in [-0.3, -0.25) is 25.2 Å². The number of hydrazine groups is 1. The molecule has 27 heavy (non-hydrogen) atoms. The number of benzene rings is 1. The Morgan fingerprint density at radius 3 is 2.63 bits per heavy atom. The molecular weight excluding hydrogens is 366 g/mol. The Morgan fingerprint density at radius 2 is 1.89 bits per heavy atom. The van der Waals surface area contributed by atoms with Crippen LogP contribution in [0.25, 0.3) is 0 Å². The van der Waals surface area contributed by atoms with Crippen LogP contribution in [0.4, 0.5) is 5.00 Å². The molecule has 0 aliphatic rings. The van der Waals surface area contributed by atoms with E-state index in [0.29, 0.717) is 22.9 Å². The molecule has 0 bridgehead atoms. The molecule has 0 atom stereocenters. The molecule has 0 fully saturated rings. The molecule has 0 radical (unpaired) electrons. The molecule has 0 spiro atoms. The van der Waals surface area contributed by atoms with Crippen LogP contribution >= 0.6 is 11.3 Å². The minimum absolute atomic E-state index is 0.272. The van der Waals surface area contributed by atoms with Gasteiger partial charge in [-0.1, -0.05) is 25.8 Å². The number of carbonyl (C=O) groups is 3. The van der Waals surface area contributed by atoms with Crippen molar-refractivity contribution < 1.29 is 19.1 Å². The Kier molecular flexibility index (Phi) is 7.81. The molecule has 2 aromatic rings. The van der Waals surface area contributed by atoms with Crippen LogP contribution in [0, 0.1) is 0 Å². The van der Waals surface area contributed by atoms with Crippen molar-refractivity contribution in [3.05, 3.63) is 46.8 Å². The molecule has 8 heteroatoms. The lowest BCUT2D eigenvalue weighted by molar-refractivity contribution is -0.119. The number of amides is 3. The number of unbranched alkanes of at least 4 members (excludes halogenated alkanes) is 2. The van der Waals surface area contributed by atoms with Gasteiger partial charge in [0.25, 0.3) is 11.8 Å². The van der Waals surface area contributed by atoms with Gasteiger partial charge in [0.15, 0.2) is 0 Å². The summed E-state index contributed by atoms with van der Waals surface area (Å²) in [5, 5.41) is 4.82. The van der Waals surface area contributed by atoms with E-state index in [4.69, 9.17) is 4.74 Å². The second-order valence-corrected chi connectivity index (χ2v) is 6.75. The Morgan fingerprint density at radius 1 is 1.07 bits per heavy atom. The lowest BCUT2D eigenvalue weighted by Crippen LogP contribution is -2.40.